The molecule has 4 N–H and O–H groups in total. The molecule has 0 aliphatic carbocycles. The molecule has 0 aliphatic heterocycles. The molecule has 0 radical (unpaired) electrons. The molecule has 0 aromatic carbocycles. The van der Waals surface area contributed by atoms with Gasteiger partial charge in [-0.2, -0.15) is 0 Å². The van der Waals surface area contributed by atoms with Crippen molar-refractivity contribution >= 4 is 11.9 Å². The van der Waals surface area contributed by atoms with Crippen LogP contribution < -0.4 is 11.1 Å². The van der Waals surface area contributed by atoms with Gasteiger partial charge in [0.05, 0.1) is 6.04 Å². The number of hydrogen-bond donors (Lipinski definition) is 3. The Balaban J connectivity index is 3.84. The van der Waals surface area contributed by atoms with Gasteiger partial charge in [0.2, 0.25) is 5.91 Å². The molecular formula is C6H12N2O3. The van der Waals surface area contributed by atoms with Crippen LogP contribution in [0.3, 0.4) is 0 Å². The summed E-state index contributed by atoms with van der Waals surface area (Å²) in [5, 5.41) is 10.9. The minimum Gasteiger partial charge on any atom is -0.480 e. The standard InChI is InChI=1S/C6H12N2O3/c1-3(5(7)9)8-4(2)6(10)11/h3-4,8H,1-2H3,(H2,7,9)(H,10,11). The van der Waals surface area contributed by atoms with Gasteiger partial charge in [-0.25, -0.2) is 0 Å². The van der Waals surface area contributed by atoms with Crippen molar-refractivity contribution in [2.24, 2.45) is 5.73 Å². The SMILES string of the molecule is CC(NC(C)C(=O)O)C(N)=O. The largest absolute Gasteiger partial charge is 0.480 e. The normalized spacial score (nSPS) is 15.5. The Kier molecular flexibility index (Phi) is 3.53. The van der Waals surface area contributed by atoms with E-state index in [1.165, 1.54) is 13.8 Å². The molecule has 2 unspecified atom stereocenters. The minimum absolute atomic E-state index is 0.557. The molecule has 5 heteroatoms. The summed E-state index contributed by atoms with van der Waals surface area (Å²) in [5.74, 6) is -1.56. The van der Waals surface area contributed by atoms with Gasteiger partial charge < -0.3 is 10.8 Å². The first-order chi connectivity index (χ1) is 4.95. The van der Waals surface area contributed by atoms with Crippen LogP contribution in [0, 0.1) is 0 Å². The van der Waals surface area contributed by atoms with E-state index < -0.39 is 24.0 Å². The molecule has 64 valence electrons. The molecule has 0 bridgehead atoms. The zero-order valence-electron chi connectivity index (χ0n) is 6.50. The first-order valence-electron chi connectivity index (χ1n) is 3.23. The molecule has 0 aromatic rings. The number of carbonyl (C=O) groups excluding carboxylic acids is 1. The van der Waals surface area contributed by atoms with E-state index in [1.807, 2.05) is 0 Å². The predicted octanol–water partition coefficient (Wildman–Crippen LogP) is -1.08. The first kappa shape index (κ1) is 9.90. The zero-order valence-corrected chi connectivity index (χ0v) is 6.50. The van der Waals surface area contributed by atoms with Crippen molar-refractivity contribution in [2.45, 2.75) is 25.9 Å². The Bertz CT molecular complexity index is 151. The quantitative estimate of drug-likeness (QED) is 0.488. The number of aliphatic carboxylic acids is 1. The lowest BCUT2D eigenvalue weighted by atomic mass is 10.2. The van der Waals surface area contributed by atoms with E-state index in [4.69, 9.17) is 10.8 Å². The predicted molar refractivity (Wildman–Crippen MR) is 38.9 cm³/mol. The van der Waals surface area contributed by atoms with E-state index in [1.54, 1.807) is 0 Å². The number of hydrogen-bond acceptors (Lipinski definition) is 3. The van der Waals surface area contributed by atoms with Crippen LogP contribution in [0.25, 0.3) is 0 Å². The van der Waals surface area contributed by atoms with Gasteiger partial charge in [0.1, 0.15) is 6.04 Å². The fourth-order valence-electron chi connectivity index (χ4n) is 0.528. The van der Waals surface area contributed by atoms with E-state index in [9.17, 15) is 9.59 Å². The van der Waals surface area contributed by atoms with Gasteiger partial charge in [0.25, 0.3) is 0 Å². The van der Waals surface area contributed by atoms with Gasteiger partial charge >= 0.3 is 5.97 Å². The summed E-state index contributed by atoms with van der Waals surface area (Å²) in [4.78, 5) is 20.7. The highest BCUT2D eigenvalue weighted by molar-refractivity contribution is 5.81. The first-order valence-corrected chi connectivity index (χ1v) is 3.23. The van der Waals surface area contributed by atoms with E-state index >= 15 is 0 Å². The van der Waals surface area contributed by atoms with Crippen LogP contribution in [0.15, 0.2) is 0 Å². The van der Waals surface area contributed by atoms with Crippen LogP contribution in [-0.2, 0) is 9.59 Å². The van der Waals surface area contributed by atoms with Crippen LogP contribution in [0.4, 0.5) is 0 Å². The molecule has 0 aromatic heterocycles. The number of primary amides is 1. The monoisotopic (exact) mass is 160 g/mol. The third-order valence-electron chi connectivity index (χ3n) is 1.30. The lowest BCUT2D eigenvalue weighted by Crippen LogP contribution is -2.46. The Morgan fingerprint density at radius 1 is 1.36 bits per heavy atom. The Morgan fingerprint density at radius 2 is 1.82 bits per heavy atom. The second-order valence-corrected chi connectivity index (χ2v) is 2.35. The van der Waals surface area contributed by atoms with E-state index in [-0.39, 0.29) is 0 Å². The second kappa shape index (κ2) is 3.92. The fourth-order valence-corrected chi connectivity index (χ4v) is 0.528. The lowest BCUT2D eigenvalue weighted by Gasteiger charge is -2.12. The summed E-state index contributed by atoms with van der Waals surface area (Å²) in [5.41, 5.74) is 4.89. The number of nitrogens with two attached hydrogens (primary N) is 1. The number of amides is 1. The van der Waals surface area contributed by atoms with Gasteiger partial charge in [-0.3, -0.25) is 14.9 Å². The summed E-state index contributed by atoms with van der Waals surface area (Å²) in [6.07, 6.45) is 0. The van der Waals surface area contributed by atoms with Crippen LogP contribution in [-0.4, -0.2) is 29.1 Å². The van der Waals surface area contributed by atoms with E-state index in [2.05, 4.69) is 5.32 Å². The van der Waals surface area contributed by atoms with Crippen molar-refractivity contribution < 1.29 is 14.7 Å². The average molecular weight is 160 g/mol. The minimum atomic E-state index is -1.00. The van der Waals surface area contributed by atoms with Crippen molar-refractivity contribution in [3.63, 3.8) is 0 Å². The van der Waals surface area contributed by atoms with E-state index in [0.29, 0.717) is 0 Å². The number of carbonyl (C=O) groups is 2. The molecule has 0 fully saturated rings. The molecule has 0 rings (SSSR count). The highest BCUT2D eigenvalue weighted by atomic mass is 16.4. The molecule has 5 nitrogen and oxygen atoms in total. The maximum atomic E-state index is 10.4. The zero-order chi connectivity index (χ0) is 9.02. The fraction of sp³-hybridized carbons (Fsp3) is 0.667. The third kappa shape index (κ3) is 3.57. The summed E-state index contributed by atoms with van der Waals surface area (Å²) in [6.45, 7) is 2.96. The molecule has 0 heterocycles. The maximum absolute atomic E-state index is 10.4. The van der Waals surface area contributed by atoms with Crippen molar-refractivity contribution in [3.05, 3.63) is 0 Å². The van der Waals surface area contributed by atoms with Crippen LogP contribution in [0.1, 0.15) is 13.8 Å². The second-order valence-electron chi connectivity index (χ2n) is 2.35. The highest BCUT2D eigenvalue weighted by Gasteiger charge is 2.16. The third-order valence-corrected chi connectivity index (χ3v) is 1.30. The van der Waals surface area contributed by atoms with Crippen molar-refractivity contribution in [2.75, 3.05) is 0 Å². The van der Waals surface area contributed by atoms with E-state index in [0.717, 1.165) is 0 Å². The van der Waals surface area contributed by atoms with Gasteiger partial charge in [-0.1, -0.05) is 0 Å². The van der Waals surface area contributed by atoms with Gasteiger partial charge in [0.15, 0.2) is 0 Å². The number of carboxylic acid groups (broad SMARTS) is 1. The van der Waals surface area contributed by atoms with Crippen molar-refractivity contribution in [1.29, 1.82) is 0 Å². The smallest absolute Gasteiger partial charge is 0.320 e. The molecule has 2 atom stereocenters. The summed E-state index contributed by atoms with van der Waals surface area (Å²) < 4.78 is 0. The van der Waals surface area contributed by atoms with Crippen molar-refractivity contribution in [1.82, 2.24) is 5.32 Å². The Hall–Kier alpha value is -1.10. The molecular weight excluding hydrogens is 148 g/mol. The van der Waals surface area contributed by atoms with Crippen molar-refractivity contribution in [3.8, 4) is 0 Å². The maximum Gasteiger partial charge on any atom is 0.320 e. The highest BCUT2D eigenvalue weighted by Crippen LogP contribution is 1.85. The van der Waals surface area contributed by atoms with Crippen LogP contribution in [0.5, 0.6) is 0 Å². The topological polar surface area (TPSA) is 92.4 Å². The molecule has 0 aliphatic rings. The summed E-state index contributed by atoms with van der Waals surface area (Å²) in [6, 6.07) is -1.36. The summed E-state index contributed by atoms with van der Waals surface area (Å²) >= 11 is 0. The number of nitrogens with one attached hydrogen (secondary N) is 1. The Morgan fingerprint density at radius 3 is 2.09 bits per heavy atom. The average Bonchev–Trinajstić information content (AvgIpc) is 1.87. The lowest BCUT2D eigenvalue weighted by molar-refractivity contribution is -0.139. The van der Waals surface area contributed by atoms with Crippen LogP contribution in [0.2, 0.25) is 0 Å². The van der Waals surface area contributed by atoms with Gasteiger partial charge in [-0.15, -0.1) is 0 Å². The number of rotatable bonds is 4. The Labute approximate surface area is 64.6 Å². The molecule has 1 amide bonds. The summed E-state index contributed by atoms with van der Waals surface area (Å²) in [7, 11) is 0. The number of carboxylic acids is 1. The molecule has 11 heavy (non-hydrogen) atoms. The molecule has 0 saturated heterocycles. The molecule has 0 spiro atoms. The van der Waals surface area contributed by atoms with Gasteiger partial charge in [0, 0.05) is 0 Å². The van der Waals surface area contributed by atoms with Gasteiger partial charge in [-0.05, 0) is 13.8 Å². The van der Waals surface area contributed by atoms with Crippen LogP contribution >= 0.6 is 0 Å². The molecule has 0 saturated carbocycles.